The highest BCUT2D eigenvalue weighted by Gasteiger charge is 2.27. The molecule has 5 aromatic carbocycles. The Morgan fingerprint density at radius 1 is 0.597 bits per heavy atom. The first-order chi connectivity index (χ1) is 30.4. The van der Waals surface area contributed by atoms with Gasteiger partial charge in [-0.1, -0.05) is 161 Å². The fourth-order valence-corrected chi connectivity index (χ4v) is 7.04. The van der Waals surface area contributed by atoms with Gasteiger partial charge in [-0.25, -0.2) is 0 Å². The van der Waals surface area contributed by atoms with Crippen molar-refractivity contribution in [3.05, 3.63) is 203 Å². The Bertz CT molecular complexity index is 2170. The first-order valence-corrected chi connectivity index (χ1v) is 22.5. The molecule has 322 valence electrons. The van der Waals surface area contributed by atoms with E-state index < -0.39 is 0 Å². The minimum atomic E-state index is -0.111. The second kappa shape index (κ2) is 26.7. The van der Waals surface area contributed by atoms with E-state index in [0.29, 0.717) is 25.0 Å². The molecule has 0 saturated carbocycles. The molecule has 1 aliphatic carbocycles. The molecule has 6 nitrogen and oxygen atoms in total. The van der Waals surface area contributed by atoms with Crippen LogP contribution in [0.3, 0.4) is 0 Å². The van der Waals surface area contributed by atoms with Crippen LogP contribution in [0, 0.1) is 5.92 Å². The number of benzene rings is 5. The molecule has 7 rings (SSSR count). The Labute approximate surface area is 370 Å². The lowest BCUT2D eigenvalue weighted by Crippen LogP contribution is -2.25. The van der Waals surface area contributed by atoms with E-state index in [-0.39, 0.29) is 11.8 Å². The van der Waals surface area contributed by atoms with Crippen molar-refractivity contribution >= 4 is 29.3 Å². The van der Waals surface area contributed by atoms with Crippen molar-refractivity contribution in [2.75, 3.05) is 10.6 Å². The summed E-state index contributed by atoms with van der Waals surface area (Å²) < 4.78 is 5.75. The normalized spacial score (nSPS) is 14.6. The third-order valence-electron chi connectivity index (χ3n) is 10.7. The van der Waals surface area contributed by atoms with Crippen molar-refractivity contribution in [1.82, 2.24) is 5.32 Å². The molecule has 2 amide bonds. The summed E-state index contributed by atoms with van der Waals surface area (Å²) in [6.07, 6.45) is 24.8. The summed E-state index contributed by atoms with van der Waals surface area (Å²) in [6, 6.07) is 45.1. The van der Waals surface area contributed by atoms with Crippen LogP contribution < -0.4 is 20.7 Å². The average molecular weight is 828 g/mol. The minimum Gasteiger partial charge on any atom is -0.489 e. The zero-order valence-electron chi connectivity index (χ0n) is 36.9. The molecule has 6 heteroatoms. The highest BCUT2D eigenvalue weighted by Crippen LogP contribution is 2.29. The lowest BCUT2D eigenvalue weighted by molar-refractivity contribution is -0.115. The zero-order chi connectivity index (χ0) is 43.6. The summed E-state index contributed by atoms with van der Waals surface area (Å²) >= 11 is 0. The Morgan fingerprint density at radius 2 is 1.11 bits per heavy atom. The highest BCUT2D eigenvalue weighted by molar-refractivity contribution is 6.01. The molecule has 1 aliphatic heterocycles. The van der Waals surface area contributed by atoms with Gasteiger partial charge in [-0.15, -0.1) is 0 Å². The summed E-state index contributed by atoms with van der Waals surface area (Å²) in [5, 5.41) is 9.19. The van der Waals surface area contributed by atoms with Crippen LogP contribution in [0.4, 0.5) is 11.4 Å². The van der Waals surface area contributed by atoms with Crippen LogP contribution in [0.2, 0.25) is 0 Å². The SMILES string of the molecule is CCCCc1ccc(NC(=O)/C=C/c2ccccc2)cc1.CCCCc1ccc(NC(=O)CC2=CNC3C=CC=CC23)cc1.CCCCc1ccc(OCc2ccccc2)cc1. The van der Waals surface area contributed by atoms with Gasteiger partial charge in [-0.2, -0.15) is 0 Å². The van der Waals surface area contributed by atoms with Crippen LogP contribution in [-0.2, 0) is 35.5 Å². The van der Waals surface area contributed by atoms with Crippen LogP contribution in [-0.4, -0.2) is 17.9 Å². The van der Waals surface area contributed by atoms with E-state index in [1.807, 2.05) is 91.1 Å². The van der Waals surface area contributed by atoms with E-state index in [4.69, 9.17) is 4.74 Å². The molecular weight excluding hydrogens is 763 g/mol. The Balaban J connectivity index is 0.000000177. The predicted octanol–water partition coefficient (Wildman–Crippen LogP) is 13.2. The zero-order valence-corrected chi connectivity index (χ0v) is 36.9. The molecule has 1 heterocycles. The summed E-state index contributed by atoms with van der Waals surface area (Å²) in [5.74, 6) is 1.18. The second-order valence-corrected chi connectivity index (χ2v) is 15.8. The van der Waals surface area contributed by atoms with Gasteiger partial charge in [0.25, 0.3) is 0 Å². The van der Waals surface area contributed by atoms with Gasteiger partial charge in [0.2, 0.25) is 11.8 Å². The molecule has 0 spiro atoms. The van der Waals surface area contributed by atoms with Gasteiger partial charge in [-0.3, -0.25) is 9.59 Å². The number of carbonyl (C=O) groups excluding carboxylic acids is 2. The van der Waals surface area contributed by atoms with Gasteiger partial charge < -0.3 is 20.7 Å². The van der Waals surface area contributed by atoms with Gasteiger partial charge in [0, 0.05) is 23.4 Å². The van der Waals surface area contributed by atoms with E-state index in [0.717, 1.165) is 47.5 Å². The van der Waals surface area contributed by atoms with E-state index >= 15 is 0 Å². The number of amides is 2. The number of unbranched alkanes of at least 4 members (excludes halogenated alkanes) is 3. The molecule has 0 radical (unpaired) electrons. The number of aryl methyl sites for hydroxylation is 3. The van der Waals surface area contributed by atoms with Crippen LogP contribution >= 0.6 is 0 Å². The number of ether oxygens (including phenoxy) is 1. The van der Waals surface area contributed by atoms with Crippen LogP contribution in [0.1, 0.15) is 93.5 Å². The maximum atomic E-state index is 12.3. The third kappa shape index (κ3) is 16.9. The van der Waals surface area contributed by atoms with Gasteiger partial charge in [0.15, 0.2) is 0 Å². The number of nitrogens with one attached hydrogen (secondary N) is 3. The average Bonchev–Trinajstić information content (AvgIpc) is 3.72. The summed E-state index contributed by atoms with van der Waals surface area (Å²) in [5.41, 5.74) is 9.10. The van der Waals surface area contributed by atoms with Crippen molar-refractivity contribution in [2.24, 2.45) is 5.92 Å². The van der Waals surface area contributed by atoms with E-state index in [9.17, 15) is 9.59 Å². The molecule has 3 N–H and O–H groups in total. The van der Waals surface area contributed by atoms with E-state index in [2.05, 4.69) is 116 Å². The lowest BCUT2D eigenvalue weighted by atomic mass is 9.89. The molecule has 2 unspecified atom stereocenters. The van der Waals surface area contributed by atoms with E-state index in [1.54, 1.807) is 6.08 Å². The number of allylic oxidation sites excluding steroid dienone is 2. The number of rotatable bonds is 18. The molecule has 2 atom stereocenters. The maximum absolute atomic E-state index is 12.3. The largest absolute Gasteiger partial charge is 0.489 e. The van der Waals surface area contributed by atoms with Crippen molar-refractivity contribution in [2.45, 2.75) is 97.6 Å². The number of carbonyl (C=O) groups is 2. The summed E-state index contributed by atoms with van der Waals surface area (Å²) in [6.45, 7) is 7.24. The monoisotopic (exact) mass is 828 g/mol. The molecule has 0 aromatic heterocycles. The minimum absolute atomic E-state index is 0.0444. The third-order valence-corrected chi connectivity index (χ3v) is 10.7. The fraction of sp³-hybridized carbons (Fsp3) is 0.286. The smallest absolute Gasteiger partial charge is 0.248 e. The fourth-order valence-electron chi connectivity index (χ4n) is 7.04. The lowest BCUT2D eigenvalue weighted by Gasteiger charge is -2.18. The van der Waals surface area contributed by atoms with Gasteiger partial charge in [-0.05, 0) is 121 Å². The number of fused-ring (bicyclic) bond motifs is 1. The van der Waals surface area contributed by atoms with Crippen molar-refractivity contribution in [3.63, 3.8) is 0 Å². The number of anilines is 2. The summed E-state index contributed by atoms with van der Waals surface area (Å²) in [7, 11) is 0. The van der Waals surface area contributed by atoms with Crippen molar-refractivity contribution in [1.29, 1.82) is 0 Å². The molecular formula is C56H65N3O3. The second-order valence-electron chi connectivity index (χ2n) is 15.8. The standard InChI is InChI=1S/C20H24N2O.C19H21NO.C17H20O/c1-2-3-6-15-9-11-17(12-10-15)22-20(23)13-16-14-21-19-8-5-4-7-18(16)19;1-2-3-7-17-10-13-18(14-11-17)20-19(21)15-12-16-8-5-4-6-9-16;1-2-3-7-15-10-12-17(13-11-15)18-14-16-8-5-4-6-9-16/h4-5,7-12,14,18-19,21H,2-3,6,13H2,1H3,(H,22,23);4-6,8-15H,2-3,7H2,1H3,(H,20,21);4-6,8-13H,2-3,7,14H2,1H3/b;15-12+;. The molecule has 0 bridgehead atoms. The molecule has 2 aliphatic rings. The van der Waals surface area contributed by atoms with Crippen LogP contribution in [0.15, 0.2) is 176 Å². The quantitative estimate of drug-likeness (QED) is 0.0769. The van der Waals surface area contributed by atoms with Gasteiger partial charge in [0.05, 0.1) is 12.5 Å². The molecule has 0 fully saturated rings. The predicted molar refractivity (Wildman–Crippen MR) is 260 cm³/mol. The topological polar surface area (TPSA) is 79.5 Å². The Kier molecular flexibility index (Phi) is 20.1. The maximum Gasteiger partial charge on any atom is 0.248 e. The first-order valence-electron chi connectivity index (χ1n) is 22.5. The Morgan fingerprint density at radius 3 is 1.68 bits per heavy atom. The molecule has 5 aromatic rings. The Hall–Kier alpha value is -6.40. The van der Waals surface area contributed by atoms with Crippen molar-refractivity contribution in [3.8, 4) is 5.75 Å². The van der Waals surface area contributed by atoms with Gasteiger partial charge in [0.1, 0.15) is 12.4 Å². The van der Waals surface area contributed by atoms with Crippen LogP contribution in [0.25, 0.3) is 6.08 Å². The van der Waals surface area contributed by atoms with Crippen molar-refractivity contribution < 1.29 is 14.3 Å². The summed E-state index contributed by atoms with van der Waals surface area (Å²) in [4.78, 5) is 24.1. The molecule has 0 saturated heterocycles. The molecule has 62 heavy (non-hydrogen) atoms. The highest BCUT2D eigenvalue weighted by atomic mass is 16.5. The first kappa shape index (κ1) is 46.7. The number of hydrogen-bond donors (Lipinski definition) is 3. The van der Waals surface area contributed by atoms with Gasteiger partial charge >= 0.3 is 0 Å². The van der Waals surface area contributed by atoms with Crippen LogP contribution in [0.5, 0.6) is 5.75 Å². The van der Waals surface area contributed by atoms with E-state index in [1.165, 1.54) is 60.8 Å². The number of hydrogen-bond acceptors (Lipinski definition) is 4.